The van der Waals surface area contributed by atoms with Crippen molar-refractivity contribution in [1.82, 2.24) is 0 Å². The molecule has 0 saturated carbocycles. The minimum absolute atomic E-state index is 0.594. The molecule has 0 radical (unpaired) electrons. The molecule has 0 saturated heterocycles. The van der Waals surface area contributed by atoms with Gasteiger partial charge in [0.25, 0.3) is 0 Å². The van der Waals surface area contributed by atoms with Crippen molar-refractivity contribution in [2.75, 3.05) is 11.5 Å². The number of nitrogen functional groups attached to an aromatic ring is 2. The lowest BCUT2D eigenvalue weighted by molar-refractivity contribution is 1.19. The summed E-state index contributed by atoms with van der Waals surface area (Å²) in [6, 6.07) is 11.6. The molecule has 2 aromatic rings. The van der Waals surface area contributed by atoms with Crippen LogP contribution >= 0.6 is 27.5 Å². The maximum atomic E-state index is 5.98. The lowest BCUT2D eigenvalue weighted by Gasteiger charge is -2.06. The van der Waals surface area contributed by atoms with Crippen molar-refractivity contribution in [1.29, 1.82) is 0 Å². The highest BCUT2D eigenvalue weighted by Gasteiger charge is 2.02. The lowest BCUT2D eigenvalue weighted by Crippen LogP contribution is -1.93. The Morgan fingerprint density at radius 1 is 0.941 bits per heavy atom. The lowest BCUT2D eigenvalue weighted by atomic mass is 10.0. The van der Waals surface area contributed by atoms with Gasteiger partial charge in [-0.15, -0.1) is 0 Å². The highest BCUT2D eigenvalue weighted by molar-refractivity contribution is 9.10. The Bertz CT molecular complexity index is 506. The molecule has 0 aliphatic heterocycles. The fourth-order valence-corrected chi connectivity index (χ4v) is 2.23. The standard InChI is InChI=1S/C13H12BrClN2/c14-10-6-8(1-3-12(10)16)5-9-2-4-13(17)11(15)7-9/h1-4,6-7H,5,16-17H2. The van der Waals surface area contributed by atoms with Gasteiger partial charge in [0.15, 0.2) is 0 Å². The molecule has 0 aliphatic carbocycles. The average Bonchev–Trinajstić information content (AvgIpc) is 2.29. The molecule has 2 rings (SSSR count). The van der Waals surface area contributed by atoms with E-state index in [1.54, 1.807) is 0 Å². The second-order valence-corrected chi connectivity index (χ2v) is 5.15. The van der Waals surface area contributed by atoms with Crippen molar-refractivity contribution in [3.8, 4) is 0 Å². The van der Waals surface area contributed by atoms with Crippen LogP contribution in [0.3, 0.4) is 0 Å². The zero-order valence-electron chi connectivity index (χ0n) is 9.08. The van der Waals surface area contributed by atoms with Crippen molar-refractivity contribution in [2.45, 2.75) is 6.42 Å². The van der Waals surface area contributed by atoms with Crippen LogP contribution in [0.4, 0.5) is 11.4 Å². The number of halogens is 2. The molecule has 88 valence electrons. The largest absolute Gasteiger partial charge is 0.398 e. The van der Waals surface area contributed by atoms with E-state index in [0.717, 1.165) is 22.1 Å². The zero-order chi connectivity index (χ0) is 12.4. The number of nitrogens with two attached hydrogens (primary N) is 2. The van der Waals surface area contributed by atoms with Gasteiger partial charge in [0, 0.05) is 10.2 Å². The second kappa shape index (κ2) is 4.98. The predicted molar refractivity (Wildman–Crippen MR) is 77.2 cm³/mol. The van der Waals surface area contributed by atoms with E-state index in [-0.39, 0.29) is 0 Å². The smallest absolute Gasteiger partial charge is 0.0638 e. The van der Waals surface area contributed by atoms with Gasteiger partial charge in [-0.25, -0.2) is 0 Å². The number of anilines is 2. The third kappa shape index (κ3) is 2.93. The first kappa shape index (κ1) is 12.3. The van der Waals surface area contributed by atoms with Crippen LogP contribution in [0.15, 0.2) is 40.9 Å². The summed E-state index contributed by atoms with van der Waals surface area (Å²) in [6.07, 6.45) is 0.804. The normalized spacial score (nSPS) is 10.5. The predicted octanol–water partition coefficient (Wildman–Crippen LogP) is 3.86. The van der Waals surface area contributed by atoms with E-state index in [1.807, 2.05) is 36.4 Å². The quantitative estimate of drug-likeness (QED) is 0.828. The monoisotopic (exact) mass is 310 g/mol. The molecule has 0 aromatic heterocycles. The highest BCUT2D eigenvalue weighted by atomic mass is 79.9. The van der Waals surface area contributed by atoms with Crippen molar-refractivity contribution in [3.05, 3.63) is 57.0 Å². The maximum Gasteiger partial charge on any atom is 0.0638 e. The maximum absolute atomic E-state index is 5.98. The Hall–Kier alpha value is -1.19. The number of benzene rings is 2. The summed E-state index contributed by atoms with van der Waals surface area (Å²) in [5.41, 5.74) is 15.1. The fraction of sp³-hybridized carbons (Fsp3) is 0.0769. The Morgan fingerprint density at radius 3 is 2.12 bits per heavy atom. The molecule has 0 bridgehead atoms. The molecule has 0 unspecified atom stereocenters. The van der Waals surface area contributed by atoms with Crippen LogP contribution in [0.25, 0.3) is 0 Å². The van der Waals surface area contributed by atoms with Gasteiger partial charge in [-0.2, -0.15) is 0 Å². The molecule has 0 aliphatic rings. The zero-order valence-corrected chi connectivity index (χ0v) is 11.4. The van der Waals surface area contributed by atoms with E-state index in [1.165, 1.54) is 5.56 Å². The van der Waals surface area contributed by atoms with E-state index < -0.39 is 0 Å². The Kier molecular flexibility index (Phi) is 3.60. The number of rotatable bonds is 2. The van der Waals surface area contributed by atoms with Crippen LogP contribution in [-0.2, 0) is 6.42 Å². The average molecular weight is 312 g/mol. The minimum atomic E-state index is 0.594. The van der Waals surface area contributed by atoms with E-state index in [4.69, 9.17) is 23.1 Å². The number of hydrogen-bond acceptors (Lipinski definition) is 2. The molecule has 4 N–H and O–H groups in total. The van der Waals surface area contributed by atoms with Gasteiger partial charge in [0.1, 0.15) is 0 Å². The SMILES string of the molecule is Nc1ccc(Cc2ccc(N)c(Br)c2)cc1Cl. The van der Waals surface area contributed by atoms with Gasteiger partial charge in [-0.1, -0.05) is 23.7 Å². The molecule has 0 amide bonds. The molecule has 0 heterocycles. The van der Waals surface area contributed by atoms with Gasteiger partial charge in [0.05, 0.1) is 10.7 Å². The highest BCUT2D eigenvalue weighted by Crippen LogP contribution is 2.24. The first-order chi connectivity index (χ1) is 8.06. The first-order valence-corrected chi connectivity index (χ1v) is 6.31. The van der Waals surface area contributed by atoms with Gasteiger partial charge in [0.2, 0.25) is 0 Å². The van der Waals surface area contributed by atoms with Crippen LogP contribution in [0.1, 0.15) is 11.1 Å². The van der Waals surface area contributed by atoms with Gasteiger partial charge in [-0.3, -0.25) is 0 Å². The molecule has 0 spiro atoms. The minimum Gasteiger partial charge on any atom is -0.398 e. The van der Waals surface area contributed by atoms with Crippen molar-refractivity contribution in [2.24, 2.45) is 0 Å². The summed E-state index contributed by atoms with van der Waals surface area (Å²) >= 11 is 9.40. The summed E-state index contributed by atoms with van der Waals surface area (Å²) in [5, 5.41) is 0.594. The molecule has 17 heavy (non-hydrogen) atoms. The first-order valence-electron chi connectivity index (χ1n) is 5.14. The molecule has 0 fully saturated rings. The Morgan fingerprint density at radius 2 is 1.53 bits per heavy atom. The van der Waals surface area contributed by atoms with Crippen molar-refractivity contribution in [3.63, 3.8) is 0 Å². The number of hydrogen-bond donors (Lipinski definition) is 2. The summed E-state index contributed by atoms with van der Waals surface area (Å²) < 4.78 is 0.913. The van der Waals surface area contributed by atoms with Gasteiger partial charge < -0.3 is 11.5 Å². The summed E-state index contributed by atoms with van der Waals surface area (Å²) in [6.45, 7) is 0. The van der Waals surface area contributed by atoms with Crippen LogP contribution in [0, 0.1) is 0 Å². The van der Waals surface area contributed by atoms with Crippen LogP contribution in [0.5, 0.6) is 0 Å². The van der Waals surface area contributed by atoms with Crippen LogP contribution in [0.2, 0.25) is 5.02 Å². The van der Waals surface area contributed by atoms with E-state index >= 15 is 0 Å². The third-order valence-electron chi connectivity index (χ3n) is 2.54. The van der Waals surface area contributed by atoms with Crippen molar-refractivity contribution < 1.29 is 0 Å². The van der Waals surface area contributed by atoms with Crippen LogP contribution in [-0.4, -0.2) is 0 Å². The van der Waals surface area contributed by atoms with E-state index in [0.29, 0.717) is 10.7 Å². The fourth-order valence-electron chi connectivity index (χ4n) is 1.60. The van der Waals surface area contributed by atoms with Crippen LogP contribution < -0.4 is 11.5 Å². The molecule has 0 atom stereocenters. The molecule has 2 nitrogen and oxygen atoms in total. The summed E-state index contributed by atoms with van der Waals surface area (Å²) in [4.78, 5) is 0. The van der Waals surface area contributed by atoms with Gasteiger partial charge >= 0.3 is 0 Å². The molecule has 2 aromatic carbocycles. The van der Waals surface area contributed by atoms with Gasteiger partial charge in [-0.05, 0) is 57.7 Å². The molecular formula is C13H12BrClN2. The summed E-state index contributed by atoms with van der Waals surface area (Å²) in [7, 11) is 0. The topological polar surface area (TPSA) is 52.0 Å². The summed E-state index contributed by atoms with van der Waals surface area (Å²) in [5.74, 6) is 0. The second-order valence-electron chi connectivity index (χ2n) is 3.89. The third-order valence-corrected chi connectivity index (χ3v) is 3.55. The molecular weight excluding hydrogens is 300 g/mol. The van der Waals surface area contributed by atoms with E-state index in [9.17, 15) is 0 Å². The van der Waals surface area contributed by atoms with E-state index in [2.05, 4.69) is 15.9 Å². The Labute approximate surface area is 114 Å². The molecule has 4 heteroatoms. The van der Waals surface area contributed by atoms with Crippen molar-refractivity contribution >= 4 is 38.9 Å². The Balaban J connectivity index is 2.25.